The number of nitrogens with one attached hydrogen (secondary N) is 1. The van der Waals surface area contributed by atoms with Crippen LogP contribution >= 0.6 is 0 Å². The summed E-state index contributed by atoms with van der Waals surface area (Å²) in [6.45, 7) is 4.22. The summed E-state index contributed by atoms with van der Waals surface area (Å²) < 4.78 is 5.41. The lowest BCUT2D eigenvalue weighted by molar-refractivity contribution is 0.317. The fraction of sp³-hybridized carbons (Fsp3) is 0.571. The predicted molar refractivity (Wildman–Crippen MR) is 70.3 cm³/mol. The maximum absolute atomic E-state index is 6.40. The molecule has 17 heavy (non-hydrogen) atoms. The molecule has 3 heteroatoms. The Kier molecular flexibility index (Phi) is 4.02. The summed E-state index contributed by atoms with van der Waals surface area (Å²) in [7, 11) is 1.71. The van der Waals surface area contributed by atoms with Gasteiger partial charge >= 0.3 is 0 Å². The molecule has 1 saturated heterocycles. The van der Waals surface area contributed by atoms with Gasteiger partial charge in [0.05, 0.1) is 7.11 Å². The van der Waals surface area contributed by atoms with E-state index in [2.05, 4.69) is 24.4 Å². The zero-order chi connectivity index (χ0) is 12.3. The lowest BCUT2D eigenvalue weighted by atomic mass is 9.87. The van der Waals surface area contributed by atoms with Crippen LogP contribution in [0.15, 0.2) is 18.2 Å². The highest BCUT2D eigenvalue weighted by Gasteiger charge is 2.24. The number of piperidine rings is 1. The van der Waals surface area contributed by atoms with E-state index in [1.165, 1.54) is 18.4 Å². The van der Waals surface area contributed by atoms with E-state index >= 15 is 0 Å². The molecule has 94 valence electrons. The van der Waals surface area contributed by atoms with E-state index < -0.39 is 0 Å². The minimum atomic E-state index is 0.0673. The molecular weight excluding hydrogens is 212 g/mol. The highest BCUT2D eigenvalue weighted by molar-refractivity contribution is 5.39. The van der Waals surface area contributed by atoms with Gasteiger partial charge in [0.1, 0.15) is 5.75 Å². The summed E-state index contributed by atoms with van der Waals surface area (Å²) >= 11 is 0. The molecule has 0 spiro atoms. The zero-order valence-corrected chi connectivity index (χ0v) is 10.7. The summed E-state index contributed by atoms with van der Waals surface area (Å²) in [6.07, 6.45) is 2.41. The second-order valence-corrected chi connectivity index (χ2v) is 4.88. The number of nitrogens with two attached hydrogens (primary N) is 1. The lowest BCUT2D eigenvalue weighted by Gasteiger charge is -2.29. The van der Waals surface area contributed by atoms with Gasteiger partial charge in [0, 0.05) is 11.6 Å². The fourth-order valence-electron chi connectivity index (χ4n) is 2.55. The van der Waals surface area contributed by atoms with Crippen LogP contribution in [0, 0.1) is 12.8 Å². The quantitative estimate of drug-likeness (QED) is 0.841. The molecule has 0 amide bonds. The van der Waals surface area contributed by atoms with Crippen LogP contribution in [0.5, 0.6) is 5.75 Å². The predicted octanol–water partition coefficient (Wildman–Crippen LogP) is 2.00. The van der Waals surface area contributed by atoms with E-state index in [-0.39, 0.29) is 6.04 Å². The topological polar surface area (TPSA) is 47.3 Å². The van der Waals surface area contributed by atoms with Gasteiger partial charge in [-0.25, -0.2) is 0 Å². The number of ether oxygens (including phenoxy) is 1. The first-order chi connectivity index (χ1) is 8.22. The van der Waals surface area contributed by atoms with Gasteiger partial charge < -0.3 is 15.8 Å². The molecular formula is C14H22N2O. The number of hydrogen-bond acceptors (Lipinski definition) is 3. The monoisotopic (exact) mass is 234 g/mol. The molecule has 1 aliphatic rings. The molecule has 1 aromatic rings. The Morgan fingerprint density at radius 2 is 2.29 bits per heavy atom. The molecule has 0 aromatic heterocycles. The SMILES string of the molecule is COc1ccc(C)cc1C(N)C1CCCNC1. The normalized spacial score (nSPS) is 22.2. The number of rotatable bonds is 3. The van der Waals surface area contributed by atoms with Crippen LogP contribution < -0.4 is 15.8 Å². The highest BCUT2D eigenvalue weighted by Crippen LogP contribution is 2.31. The summed E-state index contributed by atoms with van der Waals surface area (Å²) in [6, 6.07) is 6.30. The van der Waals surface area contributed by atoms with Crippen molar-refractivity contribution in [3.8, 4) is 5.75 Å². The molecule has 3 N–H and O–H groups in total. The lowest BCUT2D eigenvalue weighted by Crippen LogP contribution is -2.36. The second kappa shape index (κ2) is 5.52. The van der Waals surface area contributed by atoms with Gasteiger partial charge in [-0.2, -0.15) is 0 Å². The summed E-state index contributed by atoms with van der Waals surface area (Å²) in [5.41, 5.74) is 8.77. The van der Waals surface area contributed by atoms with E-state index in [4.69, 9.17) is 10.5 Å². The molecule has 1 aliphatic heterocycles. The van der Waals surface area contributed by atoms with Crippen LogP contribution in [0.25, 0.3) is 0 Å². The van der Waals surface area contributed by atoms with Crippen LogP contribution in [0.4, 0.5) is 0 Å². The maximum atomic E-state index is 6.40. The van der Waals surface area contributed by atoms with Gasteiger partial charge in [0.2, 0.25) is 0 Å². The largest absolute Gasteiger partial charge is 0.496 e. The molecule has 2 unspecified atom stereocenters. The first kappa shape index (κ1) is 12.4. The Hall–Kier alpha value is -1.06. The third kappa shape index (κ3) is 2.79. The van der Waals surface area contributed by atoms with Crippen molar-refractivity contribution >= 4 is 0 Å². The second-order valence-electron chi connectivity index (χ2n) is 4.88. The first-order valence-corrected chi connectivity index (χ1v) is 6.33. The number of methoxy groups -OCH3 is 1. The minimum absolute atomic E-state index is 0.0673. The van der Waals surface area contributed by atoms with E-state index in [0.717, 1.165) is 24.4 Å². The van der Waals surface area contributed by atoms with Crippen molar-refractivity contribution in [1.29, 1.82) is 0 Å². The molecule has 0 aliphatic carbocycles. The molecule has 3 nitrogen and oxygen atoms in total. The van der Waals surface area contributed by atoms with Crippen molar-refractivity contribution in [3.05, 3.63) is 29.3 Å². The Bertz CT molecular complexity index is 372. The highest BCUT2D eigenvalue weighted by atomic mass is 16.5. The molecule has 1 heterocycles. The van der Waals surface area contributed by atoms with Gasteiger partial charge in [-0.15, -0.1) is 0 Å². The van der Waals surface area contributed by atoms with Gasteiger partial charge in [0.15, 0.2) is 0 Å². The van der Waals surface area contributed by atoms with Crippen molar-refractivity contribution in [1.82, 2.24) is 5.32 Å². The van der Waals surface area contributed by atoms with E-state index in [9.17, 15) is 0 Å². The summed E-state index contributed by atoms with van der Waals surface area (Å²) in [5.74, 6) is 1.42. The van der Waals surface area contributed by atoms with Gasteiger partial charge in [0.25, 0.3) is 0 Å². The van der Waals surface area contributed by atoms with Crippen molar-refractivity contribution in [2.75, 3.05) is 20.2 Å². The Morgan fingerprint density at radius 1 is 1.47 bits per heavy atom. The van der Waals surface area contributed by atoms with Crippen LogP contribution in [0.2, 0.25) is 0 Å². The Morgan fingerprint density at radius 3 is 2.94 bits per heavy atom. The average Bonchev–Trinajstić information content (AvgIpc) is 2.39. The Labute approximate surface area is 103 Å². The first-order valence-electron chi connectivity index (χ1n) is 6.33. The number of benzene rings is 1. The zero-order valence-electron chi connectivity index (χ0n) is 10.7. The third-order valence-corrected chi connectivity index (χ3v) is 3.59. The summed E-state index contributed by atoms with van der Waals surface area (Å²) in [4.78, 5) is 0. The molecule has 2 atom stereocenters. The van der Waals surface area contributed by atoms with Gasteiger partial charge in [-0.3, -0.25) is 0 Å². The molecule has 0 bridgehead atoms. The van der Waals surface area contributed by atoms with Crippen molar-refractivity contribution in [2.24, 2.45) is 11.7 Å². The number of hydrogen-bond donors (Lipinski definition) is 2. The maximum Gasteiger partial charge on any atom is 0.123 e. The molecule has 0 radical (unpaired) electrons. The average molecular weight is 234 g/mol. The van der Waals surface area contributed by atoms with E-state index in [1.807, 2.05) is 6.07 Å². The van der Waals surface area contributed by atoms with Gasteiger partial charge in [-0.1, -0.05) is 17.7 Å². The fourth-order valence-corrected chi connectivity index (χ4v) is 2.55. The molecule has 0 saturated carbocycles. The van der Waals surface area contributed by atoms with Crippen molar-refractivity contribution in [2.45, 2.75) is 25.8 Å². The van der Waals surface area contributed by atoms with E-state index in [0.29, 0.717) is 5.92 Å². The van der Waals surface area contributed by atoms with Crippen LogP contribution in [-0.4, -0.2) is 20.2 Å². The standard InChI is InChI=1S/C14H22N2O/c1-10-5-6-13(17-2)12(8-10)14(15)11-4-3-7-16-9-11/h5-6,8,11,14,16H,3-4,7,9,15H2,1-2H3. The number of aryl methyl sites for hydroxylation is 1. The van der Waals surface area contributed by atoms with Crippen LogP contribution in [0.3, 0.4) is 0 Å². The molecule has 2 rings (SSSR count). The molecule has 1 aromatic carbocycles. The Balaban J connectivity index is 2.21. The van der Waals surface area contributed by atoms with Crippen LogP contribution in [0.1, 0.15) is 30.0 Å². The smallest absolute Gasteiger partial charge is 0.123 e. The van der Waals surface area contributed by atoms with Crippen molar-refractivity contribution in [3.63, 3.8) is 0 Å². The summed E-state index contributed by atoms with van der Waals surface area (Å²) in [5, 5.41) is 3.42. The van der Waals surface area contributed by atoms with Gasteiger partial charge in [-0.05, 0) is 44.8 Å². The van der Waals surface area contributed by atoms with Crippen molar-refractivity contribution < 1.29 is 4.74 Å². The third-order valence-electron chi connectivity index (χ3n) is 3.59. The van der Waals surface area contributed by atoms with E-state index in [1.54, 1.807) is 7.11 Å². The minimum Gasteiger partial charge on any atom is -0.496 e. The van der Waals surface area contributed by atoms with Crippen LogP contribution in [-0.2, 0) is 0 Å². The molecule has 1 fully saturated rings.